The van der Waals surface area contributed by atoms with Crippen LogP contribution in [0.25, 0.3) is 0 Å². The van der Waals surface area contributed by atoms with E-state index in [0.29, 0.717) is 0 Å². The van der Waals surface area contributed by atoms with Gasteiger partial charge in [-0.15, -0.1) is 11.3 Å². The molecular weight excluding hydrogens is 210 g/mol. The molecule has 0 spiro atoms. The summed E-state index contributed by atoms with van der Waals surface area (Å²) in [6.07, 6.45) is 3.26. The lowest BCUT2D eigenvalue weighted by molar-refractivity contribution is 0.553. The zero-order valence-electron chi connectivity index (χ0n) is 8.55. The molecule has 80 valence electrons. The summed E-state index contributed by atoms with van der Waals surface area (Å²) in [6, 6.07) is 0. The van der Waals surface area contributed by atoms with Crippen LogP contribution in [0.15, 0.2) is 18.0 Å². The van der Waals surface area contributed by atoms with Crippen LogP contribution in [0.3, 0.4) is 0 Å². The molecule has 0 aromatic carbocycles. The number of hydrogen-bond acceptors (Lipinski definition) is 5. The molecule has 0 unspecified atom stereocenters. The summed E-state index contributed by atoms with van der Waals surface area (Å²) in [4.78, 5) is 8.24. The van der Waals surface area contributed by atoms with Crippen molar-refractivity contribution < 1.29 is 0 Å². The highest BCUT2D eigenvalue weighted by atomic mass is 32.1. The fraction of sp³-hybridized carbons (Fsp3) is 0.444. The van der Waals surface area contributed by atoms with Gasteiger partial charge in [-0.05, 0) is 6.92 Å². The third-order valence-corrected chi connectivity index (χ3v) is 2.89. The number of rotatable bonds is 5. The SMILES string of the molecule is Cc1csc(CNCCn2cncn2)n1. The third kappa shape index (κ3) is 3.10. The van der Waals surface area contributed by atoms with Crippen molar-refractivity contribution in [2.24, 2.45) is 0 Å². The third-order valence-electron chi connectivity index (χ3n) is 1.93. The molecule has 5 nitrogen and oxygen atoms in total. The number of thiazole rings is 1. The zero-order chi connectivity index (χ0) is 10.5. The van der Waals surface area contributed by atoms with E-state index in [-0.39, 0.29) is 0 Å². The molecule has 2 rings (SSSR count). The summed E-state index contributed by atoms with van der Waals surface area (Å²) in [5.74, 6) is 0. The highest BCUT2D eigenvalue weighted by Crippen LogP contribution is 2.07. The van der Waals surface area contributed by atoms with Crippen LogP contribution in [0.5, 0.6) is 0 Å². The van der Waals surface area contributed by atoms with Crippen LogP contribution in [-0.4, -0.2) is 26.3 Å². The second kappa shape index (κ2) is 4.99. The molecule has 1 N–H and O–H groups in total. The summed E-state index contributed by atoms with van der Waals surface area (Å²) in [7, 11) is 0. The first-order valence-electron chi connectivity index (χ1n) is 4.79. The Bertz CT molecular complexity index is 394. The molecule has 2 heterocycles. The molecule has 6 heteroatoms. The first kappa shape index (κ1) is 10.3. The van der Waals surface area contributed by atoms with E-state index in [0.717, 1.165) is 30.3 Å². The van der Waals surface area contributed by atoms with E-state index < -0.39 is 0 Å². The van der Waals surface area contributed by atoms with Gasteiger partial charge in [0.2, 0.25) is 0 Å². The molecule has 2 aromatic heterocycles. The molecule has 0 aliphatic rings. The van der Waals surface area contributed by atoms with Gasteiger partial charge in [0.15, 0.2) is 0 Å². The summed E-state index contributed by atoms with van der Waals surface area (Å²) in [6.45, 7) is 4.55. The van der Waals surface area contributed by atoms with E-state index >= 15 is 0 Å². The molecule has 0 amide bonds. The molecule has 0 aliphatic carbocycles. The molecule has 0 aliphatic heterocycles. The van der Waals surface area contributed by atoms with Gasteiger partial charge in [0, 0.05) is 24.2 Å². The van der Waals surface area contributed by atoms with Crippen LogP contribution >= 0.6 is 11.3 Å². The van der Waals surface area contributed by atoms with Crippen molar-refractivity contribution in [2.45, 2.75) is 20.0 Å². The highest BCUT2D eigenvalue weighted by molar-refractivity contribution is 7.09. The number of aryl methyl sites for hydroxylation is 1. The number of aromatic nitrogens is 4. The minimum atomic E-state index is 0.827. The number of hydrogen-bond donors (Lipinski definition) is 1. The first-order valence-corrected chi connectivity index (χ1v) is 5.67. The molecule has 0 fully saturated rings. The summed E-state index contributed by atoms with van der Waals surface area (Å²) < 4.78 is 1.81. The Labute approximate surface area is 92.2 Å². The van der Waals surface area contributed by atoms with E-state index in [1.807, 2.05) is 6.92 Å². The molecule has 2 aromatic rings. The maximum absolute atomic E-state index is 4.37. The number of nitrogens with one attached hydrogen (secondary N) is 1. The Morgan fingerprint density at radius 1 is 1.53 bits per heavy atom. The molecule has 0 radical (unpaired) electrons. The average molecular weight is 223 g/mol. The van der Waals surface area contributed by atoms with Crippen molar-refractivity contribution >= 4 is 11.3 Å². The molecular formula is C9H13N5S. The van der Waals surface area contributed by atoms with E-state index in [9.17, 15) is 0 Å². The predicted octanol–water partition coefficient (Wildman–Crippen LogP) is 0.833. The van der Waals surface area contributed by atoms with Gasteiger partial charge in [-0.2, -0.15) is 5.10 Å². The van der Waals surface area contributed by atoms with Gasteiger partial charge < -0.3 is 5.32 Å². The largest absolute Gasteiger partial charge is 0.309 e. The fourth-order valence-electron chi connectivity index (χ4n) is 1.22. The molecule has 0 saturated heterocycles. The first-order chi connectivity index (χ1) is 7.34. The maximum Gasteiger partial charge on any atom is 0.137 e. The zero-order valence-corrected chi connectivity index (χ0v) is 9.37. The van der Waals surface area contributed by atoms with Gasteiger partial charge in [0.25, 0.3) is 0 Å². The second-order valence-corrected chi connectivity index (χ2v) is 4.16. The fourth-order valence-corrected chi connectivity index (χ4v) is 1.96. The van der Waals surface area contributed by atoms with Crippen LogP contribution in [0.4, 0.5) is 0 Å². The topological polar surface area (TPSA) is 55.6 Å². The summed E-state index contributed by atoms with van der Waals surface area (Å²) in [5, 5.41) is 10.5. The van der Waals surface area contributed by atoms with Crippen LogP contribution in [0.1, 0.15) is 10.7 Å². The van der Waals surface area contributed by atoms with E-state index in [1.165, 1.54) is 0 Å². The van der Waals surface area contributed by atoms with Gasteiger partial charge in [-0.3, -0.25) is 4.68 Å². The Kier molecular flexibility index (Phi) is 3.41. The lowest BCUT2D eigenvalue weighted by Gasteiger charge is -2.01. The van der Waals surface area contributed by atoms with Crippen molar-refractivity contribution in [3.8, 4) is 0 Å². The standard InChI is InChI=1S/C9H13N5S/c1-8-5-15-9(13-8)4-10-2-3-14-7-11-6-12-14/h5-7,10H,2-4H2,1H3. The van der Waals surface area contributed by atoms with E-state index in [4.69, 9.17) is 0 Å². The van der Waals surface area contributed by atoms with Crippen LogP contribution in [0, 0.1) is 6.92 Å². The maximum atomic E-state index is 4.37. The van der Waals surface area contributed by atoms with Crippen molar-refractivity contribution in [1.29, 1.82) is 0 Å². The van der Waals surface area contributed by atoms with Crippen LogP contribution in [0.2, 0.25) is 0 Å². The van der Waals surface area contributed by atoms with Gasteiger partial charge in [0.1, 0.15) is 17.7 Å². The van der Waals surface area contributed by atoms with Crippen molar-refractivity contribution in [3.05, 3.63) is 28.7 Å². The van der Waals surface area contributed by atoms with Gasteiger partial charge in [-0.1, -0.05) is 0 Å². The highest BCUT2D eigenvalue weighted by Gasteiger charge is 1.97. The van der Waals surface area contributed by atoms with Gasteiger partial charge in [0.05, 0.1) is 6.54 Å². The Hall–Kier alpha value is -1.27. The van der Waals surface area contributed by atoms with Crippen LogP contribution in [-0.2, 0) is 13.1 Å². The van der Waals surface area contributed by atoms with Crippen LogP contribution < -0.4 is 5.32 Å². The van der Waals surface area contributed by atoms with E-state index in [2.05, 4.69) is 25.8 Å². The summed E-state index contributed by atoms with van der Waals surface area (Å²) >= 11 is 1.69. The molecule has 0 atom stereocenters. The quantitative estimate of drug-likeness (QED) is 0.763. The summed E-state index contributed by atoms with van der Waals surface area (Å²) in [5.41, 5.74) is 1.09. The Morgan fingerprint density at radius 2 is 2.47 bits per heavy atom. The lowest BCUT2D eigenvalue weighted by Crippen LogP contribution is -2.19. The normalized spacial score (nSPS) is 10.7. The van der Waals surface area contributed by atoms with Crippen molar-refractivity contribution in [2.75, 3.05) is 6.54 Å². The average Bonchev–Trinajstić information content (AvgIpc) is 2.84. The minimum Gasteiger partial charge on any atom is -0.309 e. The predicted molar refractivity (Wildman–Crippen MR) is 58.6 cm³/mol. The molecule has 0 saturated carbocycles. The smallest absolute Gasteiger partial charge is 0.137 e. The Morgan fingerprint density at radius 3 is 3.13 bits per heavy atom. The van der Waals surface area contributed by atoms with Gasteiger partial charge >= 0.3 is 0 Å². The minimum absolute atomic E-state index is 0.827. The molecule has 0 bridgehead atoms. The lowest BCUT2D eigenvalue weighted by atomic mass is 10.5. The molecule has 15 heavy (non-hydrogen) atoms. The Balaban J connectivity index is 1.67. The van der Waals surface area contributed by atoms with Gasteiger partial charge in [-0.25, -0.2) is 9.97 Å². The monoisotopic (exact) mass is 223 g/mol. The van der Waals surface area contributed by atoms with Crippen molar-refractivity contribution in [1.82, 2.24) is 25.1 Å². The number of nitrogens with zero attached hydrogens (tertiary/aromatic N) is 4. The van der Waals surface area contributed by atoms with E-state index in [1.54, 1.807) is 28.7 Å². The second-order valence-electron chi connectivity index (χ2n) is 3.22. The van der Waals surface area contributed by atoms with Crippen molar-refractivity contribution in [3.63, 3.8) is 0 Å².